The van der Waals surface area contributed by atoms with Gasteiger partial charge in [-0.25, -0.2) is 4.79 Å². The number of carboxylic acid groups (broad SMARTS) is 1. The first-order valence-corrected chi connectivity index (χ1v) is 10.3. The molecule has 9 nitrogen and oxygen atoms in total. The maximum absolute atomic E-state index is 12.7. The smallest absolute Gasteiger partial charge is 0.326 e. The summed E-state index contributed by atoms with van der Waals surface area (Å²) in [6, 6.07) is -2.68. The Hall–Kier alpha value is -2.16. The minimum absolute atomic E-state index is 0.0934. The Balaban J connectivity index is 5.24. The first kappa shape index (κ1) is 26.8. The summed E-state index contributed by atoms with van der Waals surface area (Å²) < 4.78 is 0. The molecule has 0 unspecified atom stereocenters. The largest absolute Gasteiger partial charge is 0.480 e. The Labute approximate surface area is 173 Å². The Morgan fingerprint density at radius 2 is 1.24 bits per heavy atom. The number of hydrogen-bond acceptors (Lipinski definition) is 5. The second-order valence-corrected chi connectivity index (χ2v) is 8.26. The number of nitrogens with two attached hydrogens (primary N) is 1. The van der Waals surface area contributed by atoms with E-state index in [1.807, 2.05) is 27.7 Å². The van der Waals surface area contributed by atoms with E-state index in [4.69, 9.17) is 5.73 Å². The topological polar surface area (TPSA) is 151 Å². The van der Waals surface area contributed by atoms with Gasteiger partial charge in [0.15, 0.2) is 0 Å². The quantitative estimate of drug-likeness (QED) is 0.265. The first-order valence-electron chi connectivity index (χ1n) is 10.3. The molecule has 0 heterocycles. The van der Waals surface area contributed by atoms with E-state index >= 15 is 0 Å². The van der Waals surface area contributed by atoms with Gasteiger partial charge in [0.25, 0.3) is 0 Å². The van der Waals surface area contributed by atoms with Crippen molar-refractivity contribution in [2.75, 3.05) is 6.54 Å². The molecule has 6 N–H and O–H groups in total. The van der Waals surface area contributed by atoms with Crippen LogP contribution in [0.1, 0.15) is 66.7 Å². The maximum Gasteiger partial charge on any atom is 0.326 e. The van der Waals surface area contributed by atoms with E-state index in [9.17, 15) is 24.3 Å². The van der Waals surface area contributed by atoms with E-state index in [-0.39, 0.29) is 24.2 Å². The highest BCUT2D eigenvalue weighted by atomic mass is 16.4. The van der Waals surface area contributed by atoms with Crippen LogP contribution in [0, 0.1) is 11.8 Å². The summed E-state index contributed by atoms with van der Waals surface area (Å²) in [5.41, 5.74) is 5.43. The van der Waals surface area contributed by atoms with Gasteiger partial charge in [0.2, 0.25) is 17.7 Å². The highest BCUT2D eigenvalue weighted by Crippen LogP contribution is 2.10. The molecule has 0 fully saturated rings. The highest BCUT2D eigenvalue weighted by molar-refractivity contribution is 5.93. The van der Waals surface area contributed by atoms with E-state index in [2.05, 4.69) is 16.0 Å². The fourth-order valence-electron chi connectivity index (χ4n) is 2.95. The number of unbranched alkanes of at least 4 members (excludes halogenated alkanes) is 1. The molecule has 0 rings (SSSR count). The predicted molar refractivity (Wildman–Crippen MR) is 111 cm³/mol. The Kier molecular flexibility index (Phi) is 12.9. The maximum atomic E-state index is 12.7. The van der Waals surface area contributed by atoms with E-state index in [0.717, 1.165) is 0 Å². The number of hydrogen-bond donors (Lipinski definition) is 5. The van der Waals surface area contributed by atoms with Crippen molar-refractivity contribution in [2.45, 2.75) is 84.8 Å². The molecule has 3 amide bonds. The number of nitrogens with one attached hydrogen (secondary N) is 3. The summed E-state index contributed by atoms with van der Waals surface area (Å²) in [6.45, 7) is 9.45. The molecule has 0 saturated carbocycles. The van der Waals surface area contributed by atoms with Crippen molar-refractivity contribution in [3.8, 4) is 0 Å². The summed E-state index contributed by atoms with van der Waals surface area (Å²) >= 11 is 0. The van der Waals surface area contributed by atoms with Crippen LogP contribution in [0.25, 0.3) is 0 Å². The van der Waals surface area contributed by atoms with Crippen molar-refractivity contribution in [3.05, 3.63) is 0 Å². The lowest BCUT2D eigenvalue weighted by atomic mass is 9.99. The van der Waals surface area contributed by atoms with Gasteiger partial charge in [-0.1, -0.05) is 27.7 Å². The minimum atomic E-state index is -1.12. The molecule has 0 aliphatic heterocycles. The molecule has 0 spiro atoms. The lowest BCUT2D eigenvalue weighted by Crippen LogP contribution is -2.56. The monoisotopic (exact) mass is 414 g/mol. The average molecular weight is 415 g/mol. The summed E-state index contributed by atoms with van der Waals surface area (Å²) in [7, 11) is 0. The van der Waals surface area contributed by atoms with Crippen molar-refractivity contribution in [2.24, 2.45) is 17.6 Å². The van der Waals surface area contributed by atoms with Crippen molar-refractivity contribution < 1.29 is 24.3 Å². The normalized spacial score (nSPS) is 14.2. The lowest BCUT2D eigenvalue weighted by Gasteiger charge is -2.26. The van der Waals surface area contributed by atoms with E-state index in [0.29, 0.717) is 32.2 Å². The van der Waals surface area contributed by atoms with E-state index in [1.165, 1.54) is 6.92 Å². The van der Waals surface area contributed by atoms with Gasteiger partial charge in [0.05, 0.1) is 0 Å². The van der Waals surface area contributed by atoms with Crippen LogP contribution in [0.4, 0.5) is 0 Å². The molecular formula is C20H38N4O5. The van der Waals surface area contributed by atoms with Crippen LogP contribution in [0.2, 0.25) is 0 Å². The van der Waals surface area contributed by atoms with Crippen LogP contribution in [0.3, 0.4) is 0 Å². The SMILES string of the molecule is CC(=O)N[C@@H](CC(C)C)C(=O)N[C@@H](CC(C)C)C(=O)N[C@@H](CCCCN)C(=O)O. The third-order valence-corrected chi connectivity index (χ3v) is 4.30. The number of carbonyl (C=O) groups excluding carboxylic acids is 3. The van der Waals surface area contributed by atoms with Crippen molar-refractivity contribution in [1.29, 1.82) is 0 Å². The van der Waals surface area contributed by atoms with Gasteiger partial charge in [-0.3, -0.25) is 14.4 Å². The molecule has 0 radical (unpaired) electrons. The molecule has 0 aromatic carbocycles. The molecule has 0 saturated heterocycles. The lowest BCUT2D eigenvalue weighted by molar-refractivity contribution is -0.142. The van der Waals surface area contributed by atoms with Gasteiger partial charge in [-0.05, 0) is 50.5 Å². The minimum Gasteiger partial charge on any atom is -0.480 e. The molecule has 0 aromatic heterocycles. The molecular weight excluding hydrogens is 376 g/mol. The zero-order valence-electron chi connectivity index (χ0n) is 18.3. The molecule has 0 aliphatic rings. The first-order chi connectivity index (χ1) is 13.5. The van der Waals surface area contributed by atoms with Gasteiger partial charge in [-0.15, -0.1) is 0 Å². The van der Waals surface area contributed by atoms with Crippen LogP contribution in [-0.2, 0) is 19.2 Å². The number of amides is 3. The van der Waals surface area contributed by atoms with E-state index in [1.54, 1.807) is 0 Å². The van der Waals surface area contributed by atoms with Crippen LogP contribution in [0.5, 0.6) is 0 Å². The number of rotatable bonds is 14. The Morgan fingerprint density at radius 1 is 0.793 bits per heavy atom. The summed E-state index contributed by atoms with van der Waals surface area (Å²) in [6.07, 6.45) is 2.29. The third-order valence-electron chi connectivity index (χ3n) is 4.30. The molecule has 168 valence electrons. The second kappa shape index (κ2) is 13.9. The summed E-state index contributed by atoms with van der Waals surface area (Å²) in [5.74, 6) is -2.20. The van der Waals surface area contributed by atoms with Gasteiger partial charge < -0.3 is 26.8 Å². The summed E-state index contributed by atoms with van der Waals surface area (Å²) in [4.78, 5) is 48.3. The molecule has 3 atom stereocenters. The van der Waals surface area contributed by atoms with Crippen molar-refractivity contribution in [1.82, 2.24) is 16.0 Å². The summed E-state index contributed by atoms with van der Waals surface area (Å²) in [5, 5.41) is 17.2. The van der Waals surface area contributed by atoms with Crippen molar-refractivity contribution in [3.63, 3.8) is 0 Å². The fourth-order valence-corrected chi connectivity index (χ4v) is 2.95. The van der Waals surface area contributed by atoms with Crippen molar-refractivity contribution >= 4 is 23.7 Å². The molecule has 0 bridgehead atoms. The second-order valence-electron chi connectivity index (χ2n) is 8.26. The predicted octanol–water partition coefficient (Wildman–Crippen LogP) is 0.767. The fraction of sp³-hybridized carbons (Fsp3) is 0.800. The van der Waals surface area contributed by atoms with Gasteiger partial charge in [0, 0.05) is 6.92 Å². The average Bonchev–Trinajstić information content (AvgIpc) is 2.58. The number of aliphatic carboxylic acids is 1. The van der Waals surface area contributed by atoms with Crippen LogP contribution in [-0.4, -0.2) is 53.5 Å². The number of carboxylic acids is 1. The molecule has 29 heavy (non-hydrogen) atoms. The number of carbonyl (C=O) groups is 4. The Bertz CT molecular complexity index is 551. The highest BCUT2D eigenvalue weighted by Gasteiger charge is 2.29. The van der Waals surface area contributed by atoms with Crippen LogP contribution >= 0.6 is 0 Å². The standard InChI is InChI=1S/C20H38N4O5/c1-12(2)10-16(22-14(5)25)18(26)24-17(11-13(3)4)19(27)23-15(20(28)29)8-6-7-9-21/h12-13,15-17H,6-11,21H2,1-5H3,(H,22,25)(H,23,27)(H,24,26)(H,28,29)/t15-,16-,17-/m0/s1. The van der Waals surface area contributed by atoms with Gasteiger partial charge in [0.1, 0.15) is 18.1 Å². The van der Waals surface area contributed by atoms with Crippen LogP contribution in [0.15, 0.2) is 0 Å². The van der Waals surface area contributed by atoms with Crippen LogP contribution < -0.4 is 21.7 Å². The molecule has 0 aromatic rings. The molecule has 9 heteroatoms. The Morgan fingerprint density at radius 3 is 1.62 bits per heavy atom. The zero-order valence-corrected chi connectivity index (χ0v) is 18.3. The van der Waals surface area contributed by atoms with E-state index < -0.39 is 35.9 Å². The zero-order chi connectivity index (χ0) is 22.6. The van der Waals surface area contributed by atoms with Gasteiger partial charge in [-0.2, -0.15) is 0 Å². The third kappa shape index (κ3) is 12.1. The molecule has 0 aliphatic carbocycles. The van der Waals surface area contributed by atoms with Gasteiger partial charge >= 0.3 is 5.97 Å².